The third-order valence-corrected chi connectivity index (χ3v) is 5.61. The standard InChI is InChI=1S/C26H31NO4/c28-25(29)19-10-2-1-5-12-21-17-11-18-24(21)30-20-27-31-26(22-13-6-3-7-14-22)23-15-8-4-9-16-23/h1,3-9,13-16,20-21,24,26H,2,10-12,17-19H2,(H,28,29)/b5-1-,27-20?/t21-,24+/m1/s1. The highest BCUT2D eigenvalue weighted by Crippen LogP contribution is 2.31. The van der Waals surface area contributed by atoms with Gasteiger partial charge in [0.1, 0.15) is 6.10 Å². The van der Waals surface area contributed by atoms with E-state index >= 15 is 0 Å². The number of unbranched alkanes of at least 4 members (excludes halogenated alkanes) is 1. The van der Waals surface area contributed by atoms with Crippen molar-refractivity contribution in [2.75, 3.05) is 0 Å². The Kier molecular flexibility index (Phi) is 9.17. The van der Waals surface area contributed by atoms with Crippen LogP contribution in [-0.4, -0.2) is 23.6 Å². The van der Waals surface area contributed by atoms with Crippen molar-refractivity contribution in [3.8, 4) is 0 Å². The van der Waals surface area contributed by atoms with Crippen LogP contribution in [0.25, 0.3) is 0 Å². The van der Waals surface area contributed by atoms with E-state index in [1.165, 1.54) is 6.40 Å². The van der Waals surface area contributed by atoms with Crippen molar-refractivity contribution in [1.82, 2.24) is 0 Å². The molecule has 0 unspecified atom stereocenters. The van der Waals surface area contributed by atoms with Gasteiger partial charge in [0.2, 0.25) is 6.40 Å². The predicted molar refractivity (Wildman–Crippen MR) is 122 cm³/mol. The summed E-state index contributed by atoms with van der Waals surface area (Å²) in [5.41, 5.74) is 2.08. The number of carbonyl (C=O) groups is 1. The van der Waals surface area contributed by atoms with Crippen LogP contribution in [0.1, 0.15) is 62.2 Å². The Balaban J connectivity index is 1.49. The van der Waals surface area contributed by atoms with Gasteiger partial charge >= 0.3 is 5.97 Å². The molecule has 1 saturated carbocycles. The average molecular weight is 422 g/mol. The Labute approximate surface area is 184 Å². The lowest BCUT2D eigenvalue weighted by Gasteiger charge is -2.18. The number of carboxylic acid groups (broad SMARTS) is 1. The van der Waals surface area contributed by atoms with Crippen molar-refractivity contribution in [1.29, 1.82) is 0 Å². The van der Waals surface area contributed by atoms with E-state index in [0.29, 0.717) is 12.3 Å². The lowest BCUT2D eigenvalue weighted by Crippen LogP contribution is -2.17. The molecule has 1 fully saturated rings. The smallest absolute Gasteiger partial charge is 0.303 e. The quantitative estimate of drug-likeness (QED) is 0.147. The molecule has 3 rings (SSSR count). The zero-order chi connectivity index (χ0) is 21.7. The van der Waals surface area contributed by atoms with Crippen LogP contribution < -0.4 is 0 Å². The maximum absolute atomic E-state index is 10.5. The highest BCUT2D eigenvalue weighted by Gasteiger charge is 2.27. The lowest BCUT2D eigenvalue weighted by molar-refractivity contribution is -0.137. The number of aliphatic carboxylic acids is 1. The largest absolute Gasteiger partial charge is 0.481 e. The first-order valence-corrected chi connectivity index (χ1v) is 11.0. The Morgan fingerprint density at radius 1 is 1.03 bits per heavy atom. The number of nitrogens with zero attached hydrogens (tertiary/aromatic N) is 1. The minimum absolute atomic E-state index is 0.142. The highest BCUT2D eigenvalue weighted by molar-refractivity contribution is 5.66. The molecule has 2 aromatic carbocycles. The molecule has 0 saturated heterocycles. The SMILES string of the molecule is O=C(O)CCC/C=C\C[C@@H]1CCC[C@@H]1OC=NOC(c1ccccc1)c1ccccc1. The minimum atomic E-state index is -0.735. The van der Waals surface area contributed by atoms with Gasteiger partial charge in [0.05, 0.1) is 0 Å². The first kappa shape index (κ1) is 22.6. The minimum Gasteiger partial charge on any atom is -0.481 e. The maximum Gasteiger partial charge on any atom is 0.303 e. The molecule has 0 aromatic heterocycles. The monoisotopic (exact) mass is 421 g/mol. The fraction of sp³-hybridized carbons (Fsp3) is 0.385. The molecule has 31 heavy (non-hydrogen) atoms. The van der Waals surface area contributed by atoms with E-state index in [1.54, 1.807) is 0 Å². The topological polar surface area (TPSA) is 68.1 Å². The first-order chi connectivity index (χ1) is 15.2. The van der Waals surface area contributed by atoms with Crippen LogP contribution in [0.2, 0.25) is 0 Å². The molecule has 0 spiro atoms. The molecule has 0 aliphatic heterocycles. The fourth-order valence-electron chi connectivity index (χ4n) is 3.97. The number of hydrogen-bond acceptors (Lipinski definition) is 4. The van der Waals surface area contributed by atoms with E-state index in [2.05, 4.69) is 17.3 Å². The summed E-state index contributed by atoms with van der Waals surface area (Å²) in [7, 11) is 0. The molecule has 1 N–H and O–H groups in total. The van der Waals surface area contributed by atoms with Gasteiger partial charge in [-0.25, -0.2) is 0 Å². The van der Waals surface area contributed by atoms with Crippen molar-refractivity contribution in [3.05, 3.63) is 83.9 Å². The Morgan fingerprint density at radius 2 is 1.71 bits per heavy atom. The summed E-state index contributed by atoms with van der Waals surface area (Å²) in [5.74, 6) is -0.276. The summed E-state index contributed by atoms with van der Waals surface area (Å²) in [6.07, 6.45) is 11.5. The number of ether oxygens (including phenoxy) is 1. The van der Waals surface area contributed by atoms with Crippen molar-refractivity contribution in [2.24, 2.45) is 11.1 Å². The fourth-order valence-corrected chi connectivity index (χ4v) is 3.97. The van der Waals surface area contributed by atoms with Crippen molar-refractivity contribution < 1.29 is 19.5 Å². The number of allylic oxidation sites excluding steroid dienone is 2. The number of benzene rings is 2. The van der Waals surface area contributed by atoms with Crippen molar-refractivity contribution >= 4 is 12.4 Å². The Hall–Kier alpha value is -3.08. The second-order valence-corrected chi connectivity index (χ2v) is 7.88. The number of carboxylic acids is 1. The molecule has 0 heterocycles. The summed E-state index contributed by atoms with van der Waals surface area (Å²) in [6, 6.07) is 20.1. The van der Waals surface area contributed by atoms with Crippen LogP contribution in [0.15, 0.2) is 78.0 Å². The van der Waals surface area contributed by atoms with Crippen LogP contribution in [0.4, 0.5) is 0 Å². The summed E-state index contributed by atoms with van der Waals surface area (Å²) >= 11 is 0. The second-order valence-electron chi connectivity index (χ2n) is 7.88. The van der Waals surface area contributed by atoms with Gasteiger partial charge in [-0.15, -0.1) is 0 Å². The average Bonchev–Trinajstić information content (AvgIpc) is 3.24. The van der Waals surface area contributed by atoms with Gasteiger partial charge in [0.15, 0.2) is 6.10 Å². The maximum atomic E-state index is 10.5. The molecule has 1 aliphatic rings. The third kappa shape index (κ3) is 7.59. The van der Waals surface area contributed by atoms with Gasteiger partial charge in [-0.3, -0.25) is 4.79 Å². The zero-order valence-corrected chi connectivity index (χ0v) is 17.8. The van der Waals surface area contributed by atoms with Crippen LogP contribution in [-0.2, 0) is 14.4 Å². The van der Waals surface area contributed by atoms with Gasteiger partial charge in [-0.1, -0.05) is 78.0 Å². The highest BCUT2D eigenvalue weighted by atomic mass is 16.7. The molecule has 2 atom stereocenters. The summed E-state index contributed by atoms with van der Waals surface area (Å²) in [4.78, 5) is 16.4. The Bertz CT molecular complexity index is 796. The van der Waals surface area contributed by atoms with E-state index < -0.39 is 5.97 Å². The van der Waals surface area contributed by atoms with Gasteiger partial charge in [0.25, 0.3) is 0 Å². The van der Waals surface area contributed by atoms with Gasteiger partial charge in [-0.2, -0.15) is 0 Å². The third-order valence-electron chi connectivity index (χ3n) is 5.61. The predicted octanol–water partition coefficient (Wildman–Crippen LogP) is 6.12. The summed E-state index contributed by atoms with van der Waals surface area (Å²) in [5, 5.41) is 12.8. The summed E-state index contributed by atoms with van der Waals surface area (Å²) in [6.45, 7) is 0. The number of rotatable bonds is 12. The number of hydrogen-bond donors (Lipinski definition) is 1. The van der Waals surface area contributed by atoms with E-state index in [9.17, 15) is 4.79 Å². The molecule has 0 radical (unpaired) electrons. The second kappa shape index (κ2) is 12.6. The van der Waals surface area contributed by atoms with Crippen LogP contribution in [0, 0.1) is 5.92 Å². The molecule has 0 amide bonds. The molecular weight excluding hydrogens is 390 g/mol. The van der Waals surface area contributed by atoms with Gasteiger partial charge < -0.3 is 14.7 Å². The lowest BCUT2D eigenvalue weighted by atomic mass is 10.0. The molecule has 5 nitrogen and oxygen atoms in total. The zero-order valence-electron chi connectivity index (χ0n) is 17.8. The molecule has 164 valence electrons. The van der Waals surface area contributed by atoms with Crippen molar-refractivity contribution in [3.63, 3.8) is 0 Å². The molecular formula is C26H31NO4. The molecule has 0 bridgehead atoms. The van der Waals surface area contributed by atoms with E-state index in [1.807, 2.05) is 60.7 Å². The van der Waals surface area contributed by atoms with E-state index in [4.69, 9.17) is 14.7 Å². The normalized spacial score (nSPS) is 18.7. The van der Waals surface area contributed by atoms with Crippen LogP contribution in [0.3, 0.4) is 0 Å². The van der Waals surface area contributed by atoms with Gasteiger partial charge in [-0.05, 0) is 55.6 Å². The van der Waals surface area contributed by atoms with Crippen molar-refractivity contribution in [2.45, 2.75) is 57.2 Å². The van der Waals surface area contributed by atoms with Crippen LogP contribution in [0.5, 0.6) is 0 Å². The van der Waals surface area contributed by atoms with Gasteiger partial charge in [0, 0.05) is 6.42 Å². The Morgan fingerprint density at radius 3 is 2.35 bits per heavy atom. The van der Waals surface area contributed by atoms with E-state index in [-0.39, 0.29) is 18.6 Å². The number of oxime groups is 1. The first-order valence-electron chi connectivity index (χ1n) is 11.0. The molecule has 5 heteroatoms. The molecule has 2 aromatic rings. The summed E-state index contributed by atoms with van der Waals surface area (Å²) < 4.78 is 5.92. The molecule has 1 aliphatic carbocycles. The van der Waals surface area contributed by atoms with Crippen LogP contribution >= 0.6 is 0 Å². The van der Waals surface area contributed by atoms with E-state index in [0.717, 1.165) is 43.2 Å².